The minimum absolute atomic E-state index is 0.0282. The maximum Gasteiger partial charge on any atom is 0.249 e. The Kier molecular flexibility index (Phi) is 4.74. The number of rotatable bonds is 3. The molecule has 0 radical (unpaired) electrons. The van der Waals surface area contributed by atoms with Gasteiger partial charge in [-0.05, 0) is 12.6 Å². The van der Waals surface area contributed by atoms with Crippen LogP contribution in [0.4, 0.5) is 0 Å². The number of hydrogen-bond acceptors (Lipinski definition) is 3. The van der Waals surface area contributed by atoms with Gasteiger partial charge in [-0.25, -0.2) is 0 Å². The molecule has 0 unspecified atom stereocenters. The van der Waals surface area contributed by atoms with Crippen LogP contribution >= 0.6 is 0 Å². The van der Waals surface area contributed by atoms with Gasteiger partial charge < -0.3 is 15.1 Å². The fourth-order valence-corrected chi connectivity index (χ4v) is 2.35. The van der Waals surface area contributed by atoms with E-state index in [1.807, 2.05) is 42.3 Å². The highest BCUT2D eigenvalue weighted by atomic mass is 16.2. The van der Waals surface area contributed by atoms with Gasteiger partial charge in [0.15, 0.2) is 0 Å². The molecule has 1 aromatic rings. The van der Waals surface area contributed by atoms with E-state index in [4.69, 9.17) is 0 Å². The Hall–Kier alpha value is -1.88. The number of nitrogens with one attached hydrogen (secondary N) is 1. The van der Waals surface area contributed by atoms with Crippen LogP contribution in [0.25, 0.3) is 0 Å². The molecule has 20 heavy (non-hydrogen) atoms. The lowest BCUT2D eigenvalue weighted by molar-refractivity contribution is -0.137. The summed E-state index contributed by atoms with van der Waals surface area (Å²) in [5, 5.41) is 2.76. The van der Waals surface area contributed by atoms with Crippen LogP contribution < -0.4 is 5.32 Å². The van der Waals surface area contributed by atoms with Crippen molar-refractivity contribution in [1.82, 2.24) is 15.1 Å². The number of hydrogen-bond donors (Lipinski definition) is 1. The fourth-order valence-electron chi connectivity index (χ4n) is 2.35. The first kappa shape index (κ1) is 14.5. The summed E-state index contributed by atoms with van der Waals surface area (Å²) in [6.07, 6.45) is 0. The van der Waals surface area contributed by atoms with Crippen LogP contribution in [0.5, 0.6) is 0 Å². The zero-order valence-corrected chi connectivity index (χ0v) is 12.0. The molecule has 1 saturated heterocycles. The second-order valence-electron chi connectivity index (χ2n) is 5.17. The van der Waals surface area contributed by atoms with Gasteiger partial charge in [-0.3, -0.25) is 9.59 Å². The van der Waals surface area contributed by atoms with E-state index in [1.165, 1.54) is 6.92 Å². The smallest absolute Gasteiger partial charge is 0.249 e. The molecule has 0 bridgehead atoms. The largest absolute Gasteiger partial charge is 0.341 e. The molecule has 1 aliphatic rings. The third-order valence-electron chi connectivity index (χ3n) is 3.54. The van der Waals surface area contributed by atoms with Crippen molar-refractivity contribution in [2.24, 2.45) is 0 Å². The highest BCUT2D eigenvalue weighted by Crippen LogP contribution is 2.16. The maximum absolute atomic E-state index is 12.6. The molecule has 1 heterocycles. The minimum atomic E-state index is -0.586. The maximum atomic E-state index is 12.6. The highest BCUT2D eigenvalue weighted by molar-refractivity contribution is 5.88. The Morgan fingerprint density at radius 1 is 1.10 bits per heavy atom. The monoisotopic (exact) mass is 275 g/mol. The molecular formula is C15H21N3O2. The van der Waals surface area contributed by atoms with Crippen molar-refractivity contribution in [3.8, 4) is 0 Å². The Bertz CT molecular complexity index is 467. The van der Waals surface area contributed by atoms with E-state index in [-0.39, 0.29) is 11.8 Å². The number of carbonyl (C=O) groups is 2. The Morgan fingerprint density at radius 3 is 2.25 bits per heavy atom. The van der Waals surface area contributed by atoms with Gasteiger partial charge in [0.1, 0.15) is 6.04 Å². The molecular weight excluding hydrogens is 254 g/mol. The van der Waals surface area contributed by atoms with E-state index in [0.29, 0.717) is 13.1 Å². The predicted octanol–water partition coefficient (Wildman–Crippen LogP) is 0.638. The average Bonchev–Trinajstić information content (AvgIpc) is 2.45. The second-order valence-corrected chi connectivity index (χ2v) is 5.17. The molecule has 0 saturated carbocycles. The van der Waals surface area contributed by atoms with Gasteiger partial charge in [-0.15, -0.1) is 0 Å². The molecule has 0 spiro atoms. The van der Waals surface area contributed by atoms with Crippen molar-refractivity contribution in [1.29, 1.82) is 0 Å². The number of benzene rings is 1. The zero-order valence-electron chi connectivity index (χ0n) is 12.0. The van der Waals surface area contributed by atoms with Gasteiger partial charge in [0, 0.05) is 33.1 Å². The summed E-state index contributed by atoms with van der Waals surface area (Å²) < 4.78 is 0. The number of piperazine rings is 1. The van der Waals surface area contributed by atoms with E-state index >= 15 is 0 Å². The standard InChI is InChI=1S/C15H21N3O2/c1-12(19)16-14(13-6-4-3-5-7-13)15(20)18-10-8-17(2)9-11-18/h3-7,14H,8-11H2,1-2H3,(H,16,19)/t14-/m0/s1. The first-order valence-electron chi connectivity index (χ1n) is 6.87. The van der Waals surface area contributed by atoms with Gasteiger partial charge >= 0.3 is 0 Å². The third-order valence-corrected chi connectivity index (χ3v) is 3.54. The van der Waals surface area contributed by atoms with Crippen LogP contribution in [0.15, 0.2) is 30.3 Å². The summed E-state index contributed by atoms with van der Waals surface area (Å²) >= 11 is 0. The van der Waals surface area contributed by atoms with Crippen molar-refractivity contribution < 1.29 is 9.59 Å². The van der Waals surface area contributed by atoms with Crippen molar-refractivity contribution >= 4 is 11.8 Å². The summed E-state index contributed by atoms with van der Waals surface area (Å²) in [5.74, 6) is -0.221. The van der Waals surface area contributed by atoms with Crippen molar-refractivity contribution in [3.63, 3.8) is 0 Å². The van der Waals surface area contributed by atoms with Gasteiger partial charge in [0.2, 0.25) is 11.8 Å². The lowest BCUT2D eigenvalue weighted by Gasteiger charge is -2.34. The third kappa shape index (κ3) is 3.57. The van der Waals surface area contributed by atoms with Gasteiger partial charge in [-0.1, -0.05) is 30.3 Å². The Labute approximate surface area is 119 Å². The first-order valence-corrected chi connectivity index (χ1v) is 6.87. The molecule has 0 aliphatic carbocycles. The molecule has 2 amide bonds. The summed E-state index contributed by atoms with van der Waals surface area (Å²) in [7, 11) is 2.05. The number of carbonyl (C=O) groups excluding carboxylic acids is 2. The van der Waals surface area contributed by atoms with Crippen LogP contribution in [-0.2, 0) is 9.59 Å². The summed E-state index contributed by atoms with van der Waals surface area (Å²) in [5.41, 5.74) is 0.826. The van der Waals surface area contributed by atoms with Gasteiger partial charge in [0.25, 0.3) is 0 Å². The number of nitrogens with zero attached hydrogens (tertiary/aromatic N) is 2. The van der Waals surface area contributed by atoms with E-state index < -0.39 is 6.04 Å². The minimum Gasteiger partial charge on any atom is -0.341 e. The number of amides is 2. The normalized spacial score (nSPS) is 17.6. The Balaban J connectivity index is 2.14. The molecule has 1 atom stereocenters. The van der Waals surface area contributed by atoms with Crippen LogP contribution in [0.2, 0.25) is 0 Å². The van der Waals surface area contributed by atoms with Crippen molar-refractivity contribution in [2.75, 3.05) is 33.2 Å². The van der Waals surface area contributed by atoms with E-state index in [0.717, 1.165) is 18.7 Å². The predicted molar refractivity (Wildman–Crippen MR) is 77.1 cm³/mol. The summed E-state index contributed by atoms with van der Waals surface area (Å²) in [4.78, 5) is 28.0. The summed E-state index contributed by atoms with van der Waals surface area (Å²) in [6, 6.07) is 8.80. The van der Waals surface area contributed by atoms with E-state index in [9.17, 15) is 9.59 Å². The lowest BCUT2D eigenvalue weighted by Crippen LogP contribution is -2.51. The van der Waals surface area contributed by atoms with Crippen molar-refractivity contribution in [2.45, 2.75) is 13.0 Å². The molecule has 0 aromatic heterocycles. The molecule has 1 fully saturated rings. The molecule has 1 N–H and O–H groups in total. The topological polar surface area (TPSA) is 52.7 Å². The highest BCUT2D eigenvalue weighted by Gasteiger charge is 2.28. The quantitative estimate of drug-likeness (QED) is 0.880. The Morgan fingerprint density at radius 2 is 1.70 bits per heavy atom. The second kappa shape index (κ2) is 6.52. The van der Waals surface area contributed by atoms with E-state index in [2.05, 4.69) is 10.2 Å². The molecule has 5 heteroatoms. The zero-order chi connectivity index (χ0) is 14.5. The SMILES string of the molecule is CC(=O)N[C@H](C(=O)N1CCN(C)CC1)c1ccccc1. The lowest BCUT2D eigenvalue weighted by atomic mass is 10.1. The van der Waals surface area contributed by atoms with Crippen LogP contribution in [-0.4, -0.2) is 54.8 Å². The van der Waals surface area contributed by atoms with Crippen LogP contribution in [0, 0.1) is 0 Å². The number of likely N-dealkylation sites (N-methyl/N-ethyl adjacent to an activating group) is 1. The molecule has 1 aliphatic heterocycles. The van der Waals surface area contributed by atoms with E-state index in [1.54, 1.807) is 0 Å². The molecule has 108 valence electrons. The average molecular weight is 275 g/mol. The molecule has 2 rings (SSSR count). The van der Waals surface area contributed by atoms with Crippen molar-refractivity contribution in [3.05, 3.63) is 35.9 Å². The van der Waals surface area contributed by atoms with Crippen LogP contribution in [0.3, 0.4) is 0 Å². The first-order chi connectivity index (χ1) is 9.58. The van der Waals surface area contributed by atoms with Crippen LogP contribution in [0.1, 0.15) is 18.5 Å². The van der Waals surface area contributed by atoms with Gasteiger partial charge in [0.05, 0.1) is 0 Å². The summed E-state index contributed by atoms with van der Waals surface area (Å²) in [6.45, 7) is 4.59. The fraction of sp³-hybridized carbons (Fsp3) is 0.467. The van der Waals surface area contributed by atoms with Gasteiger partial charge in [-0.2, -0.15) is 0 Å². The molecule has 1 aromatic carbocycles. The molecule has 5 nitrogen and oxygen atoms in total.